The molecule has 1 aliphatic rings. The minimum Gasteiger partial charge on any atom is -0.481 e. The highest BCUT2D eigenvalue weighted by atomic mass is 16.4. The molecule has 1 saturated heterocycles. The summed E-state index contributed by atoms with van der Waals surface area (Å²) in [6, 6.07) is 0. The molecule has 0 amide bonds. The predicted molar refractivity (Wildman–Crippen MR) is 46.1 cm³/mol. The van der Waals surface area contributed by atoms with Gasteiger partial charge in [0.15, 0.2) is 0 Å². The minimum atomic E-state index is -0.671. The standard InChI is InChI=1S/C9H16NO2/c11-9(12)3-1-2-8-4-6-10-7-5-8/h8H,1-7H2,(H,11,12). The lowest BCUT2D eigenvalue weighted by Crippen LogP contribution is -2.22. The number of carbonyl (C=O) groups is 1. The van der Waals surface area contributed by atoms with E-state index in [1.54, 1.807) is 0 Å². The molecule has 1 rings (SSSR count). The molecule has 0 aromatic rings. The Morgan fingerprint density at radius 3 is 2.67 bits per heavy atom. The van der Waals surface area contributed by atoms with E-state index in [9.17, 15) is 4.79 Å². The van der Waals surface area contributed by atoms with Crippen molar-refractivity contribution in [3.05, 3.63) is 0 Å². The zero-order valence-corrected chi connectivity index (χ0v) is 7.33. The maximum atomic E-state index is 10.2. The summed E-state index contributed by atoms with van der Waals surface area (Å²) < 4.78 is 0. The third-order valence-corrected chi connectivity index (χ3v) is 2.39. The Balaban J connectivity index is 2.01. The molecular weight excluding hydrogens is 154 g/mol. The van der Waals surface area contributed by atoms with Crippen molar-refractivity contribution < 1.29 is 9.90 Å². The monoisotopic (exact) mass is 170 g/mol. The largest absolute Gasteiger partial charge is 0.481 e. The van der Waals surface area contributed by atoms with E-state index in [1.165, 1.54) is 12.8 Å². The number of nitrogens with zero attached hydrogens (tertiary/aromatic N) is 1. The van der Waals surface area contributed by atoms with E-state index >= 15 is 0 Å². The van der Waals surface area contributed by atoms with E-state index in [0.29, 0.717) is 6.42 Å². The highest BCUT2D eigenvalue weighted by Crippen LogP contribution is 2.18. The molecular formula is C9H16NO2. The van der Waals surface area contributed by atoms with Crippen molar-refractivity contribution in [2.24, 2.45) is 5.92 Å². The lowest BCUT2D eigenvalue weighted by molar-refractivity contribution is -0.137. The number of hydrogen-bond acceptors (Lipinski definition) is 1. The number of rotatable bonds is 4. The molecule has 1 heterocycles. The maximum absolute atomic E-state index is 10.2. The first-order chi connectivity index (χ1) is 5.79. The van der Waals surface area contributed by atoms with Gasteiger partial charge in [-0.3, -0.25) is 4.79 Å². The van der Waals surface area contributed by atoms with Crippen molar-refractivity contribution in [3.63, 3.8) is 0 Å². The zero-order chi connectivity index (χ0) is 8.81. The molecule has 1 fully saturated rings. The summed E-state index contributed by atoms with van der Waals surface area (Å²) in [6.45, 7) is 1.97. The molecule has 1 radical (unpaired) electrons. The van der Waals surface area contributed by atoms with Gasteiger partial charge in [-0.05, 0) is 31.6 Å². The van der Waals surface area contributed by atoms with E-state index in [-0.39, 0.29) is 0 Å². The van der Waals surface area contributed by atoms with Crippen LogP contribution in [0.2, 0.25) is 0 Å². The second-order valence-electron chi connectivity index (χ2n) is 3.40. The van der Waals surface area contributed by atoms with Crippen molar-refractivity contribution in [1.29, 1.82) is 0 Å². The molecule has 3 heteroatoms. The van der Waals surface area contributed by atoms with Crippen molar-refractivity contribution in [3.8, 4) is 0 Å². The average molecular weight is 170 g/mol. The second kappa shape index (κ2) is 5.14. The van der Waals surface area contributed by atoms with Crippen LogP contribution in [0.25, 0.3) is 0 Å². The third kappa shape index (κ3) is 3.72. The summed E-state index contributed by atoms with van der Waals surface area (Å²) in [5.41, 5.74) is 0. The summed E-state index contributed by atoms with van der Waals surface area (Å²) in [6.07, 6.45) is 4.56. The van der Waals surface area contributed by atoms with Gasteiger partial charge in [0.05, 0.1) is 0 Å². The average Bonchev–Trinajstić information content (AvgIpc) is 2.05. The third-order valence-electron chi connectivity index (χ3n) is 2.39. The van der Waals surface area contributed by atoms with Crippen LogP contribution in [-0.2, 0) is 4.79 Å². The molecule has 0 unspecified atom stereocenters. The lowest BCUT2D eigenvalue weighted by Gasteiger charge is -2.20. The fraction of sp³-hybridized carbons (Fsp3) is 0.889. The van der Waals surface area contributed by atoms with Crippen LogP contribution in [0, 0.1) is 5.92 Å². The molecule has 0 aliphatic carbocycles. The van der Waals surface area contributed by atoms with Gasteiger partial charge in [-0.15, -0.1) is 0 Å². The van der Waals surface area contributed by atoms with Gasteiger partial charge in [0, 0.05) is 19.5 Å². The first-order valence-corrected chi connectivity index (χ1v) is 4.64. The number of piperidine rings is 1. The molecule has 12 heavy (non-hydrogen) atoms. The van der Waals surface area contributed by atoms with Crippen molar-refractivity contribution in [2.75, 3.05) is 13.1 Å². The van der Waals surface area contributed by atoms with Gasteiger partial charge in [-0.1, -0.05) is 0 Å². The predicted octanol–water partition coefficient (Wildman–Crippen LogP) is 1.26. The molecule has 69 valence electrons. The van der Waals surface area contributed by atoms with Gasteiger partial charge in [-0.2, -0.15) is 0 Å². The van der Waals surface area contributed by atoms with Crippen LogP contribution < -0.4 is 5.32 Å². The summed E-state index contributed by atoms with van der Waals surface area (Å²) in [7, 11) is 0. The Morgan fingerprint density at radius 1 is 1.42 bits per heavy atom. The first kappa shape index (κ1) is 9.52. The molecule has 0 atom stereocenters. The molecule has 0 bridgehead atoms. The molecule has 1 aliphatic heterocycles. The highest BCUT2D eigenvalue weighted by molar-refractivity contribution is 5.66. The molecule has 1 N–H and O–H groups in total. The van der Waals surface area contributed by atoms with E-state index in [1.807, 2.05) is 0 Å². The van der Waals surface area contributed by atoms with Crippen LogP contribution in [-0.4, -0.2) is 24.2 Å². The minimum absolute atomic E-state index is 0.327. The summed E-state index contributed by atoms with van der Waals surface area (Å²) >= 11 is 0. The van der Waals surface area contributed by atoms with E-state index in [4.69, 9.17) is 5.11 Å². The molecule has 0 spiro atoms. The smallest absolute Gasteiger partial charge is 0.303 e. The Labute approximate surface area is 73.2 Å². The van der Waals surface area contributed by atoms with Crippen LogP contribution in [0.1, 0.15) is 32.1 Å². The normalized spacial score (nSPS) is 19.3. The van der Waals surface area contributed by atoms with Crippen molar-refractivity contribution in [1.82, 2.24) is 5.32 Å². The highest BCUT2D eigenvalue weighted by Gasteiger charge is 2.13. The summed E-state index contributed by atoms with van der Waals surface area (Å²) in [5.74, 6) is 0.0670. The SMILES string of the molecule is O=C(O)CCCC1CC[N]CC1. The molecule has 0 saturated carbocycles. The first-order valence-electron chi connectivity index (χ1n) is 4.64. The Kier molecular flexibility index (Phi) is 4.08. The summed E-state index contributed by atoms with van der Waals surface area (Å²) in [4.78, 5) is 10.2. The fourth-order valence-electron chi connectivity index (χ4n) is 1.63. The van der Waals surface area contributed by atoms with Crippen LogP contribution >= 0.6 is 0 Å². The number of carboxylic acid groups (broad SMARTS) is 1. The molecule has 0 aromatic heterocycles. The second-order valence-corrected chi connectivity index (χ2v) is 3.40. The lowest BCUT2D eigenvalue weighted by atomic mass is 9.93. The van der Waals surface area contributed by atoms with Gasteiger partial charge in [-0.25, -0.2) is 5.32 Å². The topological polar surface area (TPSA) is 51.4 Å². The quantitative estimate of drug-likeness (QED) is 0.690. The Morgan fingerprint density at radius 2 is 2.08 bits per heavy atom. The van der Waals surface area contributed by atoms with E-state index in [2.05, 4.69) is 5.32 Å². The zero-order valence-electron chi connectivity index (χ0n) is 7.33. The molecule has 3 nitrogen and oxygen atoms in total. The van der Waals surface area contributed by atoms with Gasteiger partial charge < -0.3 is 5.11 Å². The van der Waals surface area contributed by atoms with Crippen LogP contribution in [0.5, 0.6) is 0 Å². The summed E-state index contributed by atoms with van der Waals surface area (Å²) in [5, 5.41) is 12.7. The number of hydrogen-bond donors (Lipinski definition) is 1. The van der Waals surface area contributed by atoms with Crippen LogP contribution in [0.4, 0.5) is 0 Å². The van der Waals surface area contributed by atoms with Gasteiger partial charge in [0.2, 0.25) is 0 Å². The number of aliphatic carboxylic acids is 1. The van der Waals surface area contributed by atoms with Crippen molar-refractivity contribution >= 4 is 5.97 Å². The fourth-order valence-corrected chi connectivity index (χ4v) is 1.63. The number of carboxylic acids is 1. The maximum Gasteiger partial charge on any atom is 0.303 e. The van der Waals surface area contributed by atoms with E-state index in [0.717, 1.165) is 31.8 Å². The van der Waals surface area contributed by atoms with Gasteiger partial charge in [0.1, 0.15) is 0 Å². The Hall–Kier alpha value is -0.570. The van der Waals surface area contributed by atoms with E-state index < -0.39 is 5.97 Å². The van der Waals surface area contributed by atoms with Gasteiger partial charge >= 0.3 is 5.97 Å². The van der Waals surface area contributed by atoms with Crippen LogP contribution in [0.15, 0.2) is 0 Å². The van der Waals surface area contributed by atoms with Gasteiger partial charge in [0.25, 0.3) is 0 Å². The van der Waals surface area contributed by atoms with Crippen molar-refractivity contribution in [2.45, 2.75) is 32.1 Å². The molecule has 0 aromatic carbocycles. The van der Waals surface area contributed by atoms with Crippen LogP contribution in [0.3, 0.4) is 0 Å². The Bertz CT molecular complexity index is 141.